The smallest absolute Gasteiger partial charge is 0.410 e. The third-order valence-electron chi connectivity index (χ3n) is 3.94. The lowest BCUT2D eigenvalue weighted by molar-refractivity contribution is -0.285. The lowest BCUT2D eigenvalue weighted by atomic mass is 9.99. The summed E-state index contributed by atoms with van der Waals surface area (Å²) in [4.78, 5) is 23.3. The number of aliphatic hydroxyl groups is 4. The highest BCUT2D eigenvalue weighted by Gasteiger charge is 2.45. The highest BCUT2D eigenvalue weighted by molar-refractivity contribution is 5.80. The molecular formula is C16H21NO9. The molecule has 1 unspecified atom stereocenters. The molecule has 10 nitrogen and oxygen atoms in total. The number of hydrogen-bond acceptors (Lipinski definition) is 8. The zero-order valence-corrected chi connectivity index (χ0v) is 13.6. The molecule has 10 heteroatoms. The van der Waals surface area contributed by atoms with E-state index in [0.29, 0.717) is 5.56 Å². The number of benzene rings is 1. The molecule has 144 valence electrons. The molecule has 1 aromatic rings. The highest BCUT2D eigenvalue weighted by Crippen LogP contribution is 2.22. The minimum absolute atomic E-state index is 0.0000449. The molecule has 0 saturated carbocycles. The number of carbonyl (C=O) groups is 2. The predicted octanol–water partition coefficient (Wildman–Crippen LogP) is -1.79. The van der Waals surface area contributed by atoms with E-state index >= 15 is 0 Å². The van der Waals surface area contributed by atoms with Crippen molar-refractivity contribution in [1.29, 1.82) is 0 Å². The number of ether oxygens (including phenoxy) is 2. The van der Waals surface area contributed by atoms with Crippen LogP contribution < -0.4 is 5.32 Å². The van der Waals surface area contributed by atoms with Gasteiger partial charge in [-0.1, -0.05) is 30.3 Å². The van der Waals surface area contributed by atoms with Gasteiger partial charge in [0, 0.05) is 6.42 Å². The third kappa shape index (κ3) is 4.90. The van der Waals surface area contributed by atoms with Crippen molar-refractivity contribution in [3.05, 3.63) is 35.9 Å². The summed E-state index contributed by atoms with van der Waals surface area (Å²) in [6, 6.07) is 7.30. The van der Waals surface area contributed by atoms with Gasteiger partial charge in [-0.15, -0.1) is 0 Å². The molecule has 1 aliphatic rings. The Kier molecular flexibility index (Phi) is 6.89. The van der Waals surface area contributed by atoms with Gasteiger partial charge in [-0.25, -0.2) is 9.59 Å². The number of amides is 1. The number of carboxylic acid groups (broad SMARTS) is 1. The summed E-state index contributed by atoms with van der Waals surface area (Å²) >= 11 is 0. The molecule has 0 aromatic heterocycles. The van der Waals surface area contributed by atoms with Crippen LogP contribution in [-0.4, -0.2) is 80.9 Å². The molecule has 0 bridgehead atoms. The van der Waals surface area contributed by atoms with Crippen LogP contribution in [0.2, 0.25) is 0 Å². The van der Waals surface area contributed by atoms with Crippen LogP contribution in [0.1, 0.15) is 5.56 Å². The van der Waals surface area contributed by atoms with E-state index in [-0.39, 0.29) is 6.42 Å². The van der Waals surface area contributed by atoms with Gasteiger partial charge in [0.25, 0.3) is 0 Å². The predicted molar refractivity (Wildman–Crippen MR) is 85.0 cm³/mol. The van der Waals surface area contributed by atoms with Crippen LogP contribution in [0.3, 0.4) is 0 Å². The summed E-state index contributed by atoms with van der Waals surface area (Å²) in [6.07, 6.45) is -9.20. The van der Waals surface area contributed by atoms with E-state index in [1.165, 1.54) is 0 Å². The first-order valence-electron chi connectivity index (χ1n) is 7.88. The Hall–Kier alpha value is -2.24. The first kappa shape index (κ1) is 20.1. The Morgan fingerprint density at radius 2 is 1.77 bits per heavy atom. The Bertz CT molecular complexity index is 609. The molecule has 6 atom stereocenters. The minimum Gasteiger partial charge on any atom is -0.480 e. The molecule has 2 rings (SSSR count). The summed E-state index contributed by atoms with van der Waals surface area (Å²) in [5.74, 6) is -1.29. The average Bonchev–Trinajstić information content (AvgIpc) is 2.62. The van der Waals surface area contributed by atoms with Crippen LogP contribution in [0, 0.1) is 0 Å². The molecule has 1 aliphatic heterocycles. The summed E-state index contributed by atoms with van der Waals surface area (Å²) < 4.78 is 9.83. The van der Waals surface area contributed by atoms with E-state index in [1.807, 2.05) is 0 Å². The Morgan fingerprint density at radius 1 is 1.12 bits per heavy atom. The monoisotopic (exact) mass is 371 g/mol. The van der Waals surface area contributed by atoms with Crippen molar-refractivity contribution in [3.8, 4) is 0 Å². The van der Waals surface area contributed by atoms with Gasteiger partial charge in [0.05, 0.1) is 6.61 Å². The van der Waals surface area contributed by atoms with E-state index in [1.54, 1.807) is 30.3 Å². The Labute approximate surface area is 148 Å². The van der Waals surface area contributed by atoms with E-state index < -0.39 is 55.4 Å². The molecule has 1 saturated heterocycles. The lowest BCUT2D eigenvalue weighted by Gasteiger charge is -2.39. The molecule has 26 heavy (non-hydrogen) atoms. The second-order valence-corrected chi connectivity index (χ2v) is 5.83. The van der Waals surface area contributed by atoms with Crippen LogP contribution in [0.25, 0.3) is 0 Å². The molecule has 1 heterocycles. The first-order chi connectivity index (χ1) is 12.3. The zero-order valence-electron chi connectivity index (χ0n) is 13.6. The number of nitrogens with one attached hydrogen (secondary N) is 1. The zero-order chi connectivity index (χ0) is 19.3. The molecule has 0 radical (unpaired) electrons. The molecule has 1 fully saturated rings. The number of alkyl carbamates (subject to hydrolysis) is 1. The molecule has 0 aliphatic carbocycles. The van der Waals surface area contributed by atoms with E-state index in [9.17, 15) is 30.0 Å². The number of carboxylic acids is 1. The van der Waals surface area contributed by atoms with Crippen molar-refractivity contribution in [2.24, 2.45) is 0 Å². The number of carbonyl (C=O) groups excluding carboxylic acids is 1. The Balaban J connectivity index is 1.98. The van der Waals surface area contributed by atoms with Gasteiger partial charge >= 0.3 is 12.1 Å². The number of aliphatic hydroxyl groups excluding tert-OH is 4. The minimum atomic E-state index is -1.77. The quantitative estimate of drug-likeness (QED) is 0.338. The van der Waals surface area contributed by atoms with Crippen molar-refractivity contribution >= 4 is 12.1 Å². The number of aliphatic carboxylic acids is 1. The van der Waals surface area contributed by atoms with Crippen LogP contribution in [0.4, 0.5) is 4.79 Å². The highest BCUT2D eigenvalue weighted by atomic mass is 16.7. The van der Waals surface area contributed by atoms with Crippen molar-refractivity contribution in [2.45, 2.75) is 43.2 Å². The van der Waals surface area contributed by atoms with Gasteiger partial charge in [0.1, 0.15) is 30.5 Å². The molecular weight excluding hydrogens is 350 g/mol. The van der Waals surface area contributed by atoms with Crippen molar-refractivity contribution in [1.82, 2.24) is 5.32 Å². The summed E-state index contributed by atoms with van der Waals surface area (Å²) in [5.41, 5.74) is 0.674. The van der Waals surface area contributed by atoms with Crippen LogP contribution in [0.15, 0.2) is 30.3 Å². The normalized spacial score (nSPS) is 29.6. The fraction of sp³-hybridized carbons (Fsp3) is 0.500. The van der Waals surface area contributed by atoms with Crippen LogP contribution >= 0.6 is 0 Å². The van der Waals surface area contributed by atoms with Gasteiger partial charge in [0.2, 0.25) is 6.29 Å². The SMILES string of the molecule is O=C(NC(Cc1ccccc1)C(=O)O)O[C@@H]1O[C@H](CO)[C@@H](O)[C@H](O)[C@H]1O. The van der Waals surface area contributed by atoms with Crippen molar-refractivity contribution < 1.29 is 44.6 Å². The van der Waals surface area contributed by atoms with Crippen LogP contribution in [-0.2, 0) is 20.7 Å². The second kappa shape index (κ2) is 8.92. The summed E-state index contributed by atoms with van der Waals surface area (Å²) in [5, 5.41) is 49.6. The largest absolute Gasteiger partial charge is 0.480 e. The summed E-state index contributed by atoms with van der Waals surface area (Å²) in [7, 11) is 0. The average molecular weight is 371 g/mol. The molecule has 1 aromatic carbocycles. The number of hydrogen-bond donors (Lipinski definition) is 6. The molecule has 6 N–H and O–H groups in total. The van der Waals surface area contributed by atoms with Gasteiger partial charge in [-0.2, -0.15) is 0 Å². The van der Waals surface area contributed by atoms with Gasteiger partial charge in [0.15, 0.2) is 0 Å². The van der Waals surface area contributed by atoms with Gasteiger partial charge in [-0.05, 0) is 5.56 Å². The first-order valence-corrected chi connectivity index (χ1v) is 7.88. The van der Waals surface area contributed by atoms with Crippen molar-refractivity contribution in [2.75, 3.05) is 6.61 Å². The van der Waals surface area contributed by atoms with E-state index in [4.69, 9.17) is 14.6 Å². The maximum Gasteiger partial charge on any atom is 0.410 e. The standard InChI is InChI=1S/C16H21NO9/c18-7-10-11(19)12(20)13(21)15(25-10)26-16(24)17-9(14(22)23)6-8-4-2-1-3-5-8/h1-5,9-13,15,18-21H,6-7H2,(H,17,24)(H,22,23)/t9?,10-,11-,12+,13-,15+/m1/s1. The topological polar surface area (TPSA) is 166 Å². The van der Waals surface area contributed by atoms with Gasteiger partial charge < -0.3 is 40.3 Å². The number of rotatable bonds is 6. The van der Waals surface area contributed by atoms with Crippen LogP contribution in [0.5, 0.6) is 0 Å². The fourth-order valence-corrected chi connectivity index (χ4v) is 2.50. The van der Waals surface area contributed by atoms with Crippen molar-refractivity contribution in [3.63, 3.8) is 0 Å². The maximum atomic E-state index is 12.0. The maximum absolute atomic E-state index is 12.0. The van der Waals surface area contributed by atoms with Gasteiger partial charge in [-0.3, -0.25) is 0 Å². The molecule has 1 amide bonds. The molecule has 0 spiro atoms. The summed E-state index contributed by atoms with van der Waals surface area (Å²) in [6.45, 7) is -0.682. The van der Waals surface area contributed by atoms with E-state index in [0.717, 1.165) is 0 Å². The Morgan fingerprint density at radius 3 is 2.35 bits per heavy atom. The second-order valence-electron chi connectivity index (χ2n) is 5.83. The third-order valence-corrected chi connectivity index (χ3v) is 3.94. The van der Waals surface area contributed by atoms with E-state index in [2.05, 4.69) is 5.32 Å². The fourth-order valence-electron chi connectivity index (χ4n) is 2.50. The lowest BCUT2D eigenvalue weighted by Crippen LogP contribution is -2.60.